The predicted octanol–water partition coefficient (Wildman–Crippen LogP) is -0.176. The molecule has 3 nitrogen and oxygen atoms in total. The van der Waals surface area contributed by atoms with Gasteiger partial charge in [0.05, 0.1) is 12.2 Å². The van der Waals surface area contributed by atoms with Gasteiger partial charge in [0.1, 0.15) is 0 Å². The smallest absolute Gasteiger partial charge is 0.0757 e. The van der Waals surface area contributed by atoms with Crippen LogP contribution in [0.3, 0.4) is 0 Å². The molecule has 3 heteroatoms. The highest BCUT2D eigenvalue weighted by Crippen LogP contribution is 1.92. The molecule has 1 rings (SSSR count). The van der Waals surface area contributed by atoms with Gasteiger partial charge in [0.2, 0.25) is 0 Å². The molecule has 0 aromatic carbocycles. The number of nitrogens with zero attached hydrogens (tertiary/aromatic N) is 2. The van der Waals surface area contributed by atoms with Crippen LogP contribution in [0.5, 0.6) is 0 Å². The van der Waals surface area contributed by atoms with E-state index < -0.39 is 0 Å². The first-order chi connectivity index (χ1) is 4.83. The molecule has 0 fully saturated rings. The van der Waals surface area contributed by atoms with Gasteiger partial charge in [0.25, 0.3) is 0 Å². The minimum atomic E-state index is 0.985. The topological polar surface area (TPSA) is 45.5 Å². The Labute approximate surface area is 60.8 Å². The van der Waals surface area contributed by atoms with E-state index in [2.05, 4.69) is 10.8 Å². The van der Waals surface area contributed by atoms with Crippen LogP contribution in [-0.4, -0.2) is 16.3 Å². The summed E-state index contributed by atoms with van der Waals surface area (Å²) in [6.07, 6.45) is 3.12. The molecule has 0 aliphatic heterocycles. The van der Waals surface area contributed by atoms with Crippen molar-refractivity contribution in [3.05, 3.63) is 18.0 Å². The molecule has 3 N–H and O–H groups in total. The molecule has 0 radical (unpaired) electrons. The average molecular weight is 140 g/mol. The maximum Gasteiger partial charge on any atom is 0.0757 e. The van der Waals surface area contributed by atoms with Crippen molar-refractivity contribution in [1.29, 1.82) is 0 Å². The highest BCUT2D eigenvalue weighted by Gasteiger charge is 1.91. The van der Waals surface area contributed by atoms with Crippen LogP contribution in [0.25, 0.3) is 0 Å². The van der Waals surface area contributed by atoms with Crippen molar-refractivity contribution < 1.29 is 5.73 Å². The van der Waals surface area contributed by atoms with Crippen LogP contribution in [0.1, 0.15) is 12.1 Å². The standard InChI is InChI=1S/C7H13N3/c1-7-3-6-10(9-7)5-2-4-8/h3,6H,2,4-5,8H2,1H3/p+1. The summed E-state index contributed by atoms with van der Waals surface area (Å²) in [6, 6.07) is 2.02. The lowest BCUT2D eigenvalue weighted by molar-refractivity contribution is -0.368. The van der Waals surface area contributed by atoms with E-state index in [-0.39, 0.29) is 0 Å². The molecule has 0 unspecified atom stereocenters. The van der Waals surface area contributed by atoms with Crippen molar-refractivity contribution in [1.82, 2.24) is 9.78 Å². The van der Waals surface area contributed by atoms with Crippen molar-refractivity contribution in [2.75, 3.05) is 6.54 Å². The number of hydrogen-bond acceptors (Lipinski definition) is 1. The lowest BCUT2D eigenvalue weighted by atomic mass is 10.4. The van der Waals surface area contributed by atoms with Gasteiger partial charge in [-0.3, -0.25) is 4.68 Å². The number of aromatic nitrogens is 2. The molecule has 1 aromatic rings. The highest BCUT2D eigenvalue weighted by atomic mass is 15.3. The monoisotopic (exact) mass is 140 g/mol. The van der Waals surface area contributed by atoms with Crippen LogP contribution in [-0.2, 0) is 6.54 Å². The maximum atomic E-state index is 4.24. The summed E-state index contributed by atoms with van der Waals surface area (Å²) in [6.45, 7) is 3.98. The van der Waals surface area contributed by atoms with Gasteiger partial charge >= 0.3 is 0 Å². The summed E-state index contributed by atoms with van der Waals surface area (Å²) >= 11 is 0. The Morgan fingerprint density at radius 2 is 2.50 bits per heavy atom. The summed E-state index contributed by atoms with van der Waals surface area (Å²) in [4.78, 5) is 0. The van der Waals surface area contributed by atoms with E-state index in [4.69, 9.17) is 0 Å². The van der Waals surface area contributed by atoms with E-state index in [1.165, 1.54) is 0 Å². The lowest BCUT2D eigenvalue weighted by Gasteiger charge is -1.95. The van der Waals surface area contributed by atoms with E-state index in [1.54, 1.807) is 0 Å². The fourth-order valence-electron chi connectivity index (χ4n) is 0.862. The van der Waals surface area contributed by atoms with Crippen LogP contribution in [0.2, 0.25) is 0 Å². The number of quaternary nitrogens is 1. The van der Waals surface area contributed by atoms with Crippen molar-refractivity contribution in [3.8, 4) is 0 Å². The van der Waals surface area contributed by atoms with Gasteiger partial charge in [-0.2, -0.15) is 5.10 Å². The van der Waals surface area contributed by atoms with Crippen molar-refractivity contribution in [2.24, 2.45) is 0 Å². The van der Waals surface area contributed by atoms with Gasteiger partial charge in [0, 0.05) is 19.2 Å². The molecule has 0 amide bonds. The zero-order valence-electron chi connectivity index (χ0n) is 6.38. The second-order valence-electron chi connectivity index (χ2n) is 2.43. The molecule has 10 heavy (non-hydrogen) atoms. The molecule has 0 spiro atoms. The Hall–Kier alpha value is -0.830. The van der Waals surface area contributed by atoms with E-state index >= 15 is 0 Å². The van der Waals surface area contributed by atoms with Crippen molar-refractivity contribution >= 4 is 0 Å². The molecule has 1 heterocycles. The van der Waals surface area contributed by atoms with E-state index in [9.17, 15) is 0 Å². The van der Waals surface area contributed by atoms with Gasteiger partial charge in [-0.15, -0.1) is 0 Å². The van der Waals surface area contributed by atoms with Crippen molar-refractivity contribution in [3.63, 3.8) is 0 Å². The third-order valence-corrected chi connectivity index (χ3v) is 1.41. The Balaban J connectivity index is 2.42. The quantitative estimate of drug-likeness (QED) is 0.622. The average Bonchev–Trinajstić information content (AvgIpc) is 2.31. The third kappa shape index (κ3) is 1.84. The van der Waals surface area contributed by atoms with Crippen LogP contribution >= 0.6 is 0 Å². The summed E-state index contributed by atoms with van der Waals surface area (Å²) in [7, 11) is 0. The number of rotatable bonds is 3. The first kappa shape index (κ1) is 7.28. The minimum absolute atomic E-state index is 0.985. The van der Waals surface area contributed by atoms with Gasteiger partial charge in [-0.1, -0.05) is 0 Å². The molecule has 0 atom stereocenters. The highest BCUT2D eigenvalue weighted by molar-refractivity contribution is 4.94. The van der Waals surface area contributed by atoms with Crippen LogP contribution < -0.4 is 5.73 Å². The predicted molar refractivity (Wildman–Crippen MR) is 39.3 cm³/mol. The lowest BCUT2D eigenvalue weighted by Crippen LogP contribution is -2.50. The Kier molecular flexibility index (Phi) is 2.45. The fourth-order valence-corrected chi connectivity index (χ4v) is 0.862. The maximum absolute atomic E-state index is 4.24. The van der Waals surface area contributed by atoms with Crippen LogP contribution in [0, 0.1) is 6.92 Å². The Morgan fingerprint density at radius 3 is 3.00 bits per heavy atom. The van der Waals surface area contributed by atoms with E-state index in [0.717, 1.165) is 25.2 Å². The Bertz CT molecular complexity index is 192. The van der Waals surface area contributed by atoms with Crippen molar-refractivity contribution in [2.45, 2.75) is 19.9 Å². The molecular weight excluding hydrogens is 126 g/mol. The van der Waals surface area contributed by atoms with Crippen LogP contribution in [0.4, 0.5) is 0 Å². The molecule has 0 bridgehead atoms. The summed E-state index contributed by atoms with van der Waals surface area (Å²) in [5, 5.41) is 4.24. The largest absolute Gasteiger partial charge is 0.358 e. The molecule has 1 aromatic heterocycles. The second-order valence-corrected chi connectivity index (χ2v) is 2.43. The fraction of sp³-hybridized carbons (Fsp3) is 0.571. The number of hydrogen-bond donors (Lipinski definition) is 1. The minimum Gasteiger partial charge on any atom is -0.358 e. The summed E-state index contributed by atoms with van der Waals surface area (Å²) in [5.41, 5.74) is 4.85. The molecule has 0 saturated carbocycles. The van der Waals surface area contributed by atoms with E-state index in [1.807, 2.05) is 23.9 Å². The Morgan fingerprint density at radius 1 is 1.70 bits per heavy atom. The van der Waals surface area contributed by atoms with Gasteiger partial charge in [-0.25, -0.2) is 0 Å². The normalized spacial score (nSPS) is 10.2. The zero-order valence-corrected chi connectivity index (χ0v) is 6.38. The first-order valence-corrected chi connectivity index (χ1v) is 3.62. The summed E-state index contributed by atoms with van der Waals surface area (Å²) < 4.78 is 1.96. The molecule has 0 aliphatic carbocycles. The first-order valence-electron chi connectivity index (χ1n) is 3.62. The van der Waals surface area contributed by atoms with Crippen LogP contribution in [0.15, 0.2) is 12.3 Å². The zero-order chi connectivity index (χ0) is 7.40. The molecule has 0 aliphatic rings. The van der Waals surface area contributed by atoms with Gasteiger partial charge in [0.15, 0.2) is 0 Å². The third-order valence-electron chi connectivity index (χ3n) is 1.41. The number of aryl methyl sites for hydroxylation is 2. The van der Waals surface area contributed by atoms with Gasteiger partial charge < -0.3 is 5.73 Å². The SMILES string of the molecule is Cc1ccn(CCC[NH3+])n1. The second kappa shape index (κ2) is 3.37. The molecule has 56 valence electrons. The van der Waals surface area contributed by atoms with E-state index in [0.29, 0.717) is 0 Å². The summed E-state index contributed by atoms with van der Waals surface area (Å²) in [5.74, 6) is 0. The molecular formula is C7H14N3+. The van der Waals surface area contributed by atoms with Gasteiger partial charge in [-0.05, 0) is 13.0 Å². The molecule has 0 saturated heterocycles.